The number of rotatable bonds is 4. The minimum Gasteiger partial charge on any atom is -0.481 e. The predicted molar refractivity (Wildman–Crippen MR) is 67.5 cm³/mol. The van der Waals surface area contributed by atoms with Crippen LogP contribution >= 0.6 is 11.8 Å². The van der Waals surface area contributed by atoms with Gasteiger partial charge >= 0.3 is 17.8 Å². The van der Waals surface area contributed by atoms with E-state index < -0.39 is 23.4 Å². The number of benzene rings is 1. The summed E-state index contributed by atoms with van der Waals surface area (Å²) >= 11 is 0.724. The molecule has 1 aromatic heterocycles. The summed E-state index contributed by atoms with van der Waals surface area (Å²) in [6.07, 6.45) is -4.54. The molecule has 0 radical (unpaired) electrons. The molecule has 0 saturated carbocycles. The van der Waals surface area contributed by atoms with Crippen molar-refractivity contribution in [3.63, 3.8) is 0 Å². The number of thioether (sulfide) groups is 1. The highest BCUT2D eigenvalue weighted by molar-refractivity contribution is 7.99. The lowest BCUT2D eigenvalue weighted by molar-refractivity contribution is -0.137. The molecule has 1 heterocycles. The molecule has 2 N–H and O–H groups in total. The molecule has 112 valence electrons. The Bertz CT molecular complexity index is 723. The van der Waals surface area contributed by atoms with Crippen LogP contribution in [0, 0.1) is 0 Å². The van der Waals surface area contributed by atoms with Crippen LogP contribution in [0.2, 0.25) is 0 Å². The van der Waals surface area contributed by atoms with Gasteiger partial charge in [0.15, 0.2) is 5.16 Å². The SMILES string of the molecule is O=C(O)CSc1n[nH]c(=O)n1-c1cccc(C(F)(F)F)c1. The van der Waals surface area contributed by atoms with Crippen molar-refractivity contribution in [3.8, 4) is 5.69 Å². The van der Waals surface area contributed by atoms with Gasteiger partial charge in [-0.05, 0) is 18.2 Å². The van der Waals surface area contributed by atoms with Crippen molar-refractivity contribution in [2.45, 2.75) is 11.3 Å². The molecule has 0 aliphatic heterocycles. The number of carboxylic acids is 1. The molecule has 6 nitrogen and oxygen atoms in total. The molecule has 0 spiro atoms. The molecule has 0 aliphatic rings. The summed E-state index contributed by atoms with van der Waals surface area (Å²) in [6.45, 7) is 0. The van der Waals surface area contributed by atoms with E-state index in [2.05, 4.69) is 10.2 Å². The lowest BCUT2D eigenvalue weighted by Gasteiger charge is -2.09. The molecule has 0 amide bonds. The number of aromatic nitrogens is 3. The molecular formula is C11H8F3N3O3S. The van der Waals surface area contributed by atoms with Crippen molar-refractivity contribution >= 4 is 17.7 Å². The second-order valence-electron chi connectivity index (χ2n) is 3.88. The number of hydrogen-bond acceptors (Lipinski definition) is 4. The Kier molecular flexibility index (Phi) is 4.07. The Balaban J connectivity index is 2.45. The fourth-order valence-corrected chi connectivity index (χ4v) is 2.23. The van der Waals surface area contributed by atoms with Crippen LogP contribution < -0.4 is 5.69 Å². The summed E-state index contributed by atoms with van der Waals surface area (Å²) in [7, 11) is 0. The highest BCUT2D eigenvalue weighted by Crippen LogP contribution is 2.30. The summed E-state index contributed by atoms with van der Waals surface area (Å²) in [6, 6.07) is 4.13. The lowest BCUT2D eigenvalue weighted by Crippen LogP contribution is -2.17. The molecule has 0 saturated heterocycles. The Hall–Kier alpha value is -2.23. The van der Waals surface area contributed by atoms with Crippen molar-refractivity contribution in [3.05, 3.63) is 40.3 Å². The number of carbonyl (C=O) groups is 1. The minimum atomic E-state index is -4.54. The van der Waals surface area contributed by atoms with Gasteiger partial charge in [-0.25, -0.2) is 14.5 Å². The van der Waals surface area contributed by atoms with E-state index >= 15 is 0 Å². The van der Waals surface area contributed by atoms with Crippen molar-refractivity contribution in [1.82, 2.24) is 14.8 Å². The number of H-pyrrole nitrogens is 1. The van der Waals surface area contributed by atoms with Crippen molar-refractivity contribution in [2.24, 2.45) is 0 Å². The Labute approximate surface area is 119 Å². The highest BCUT2D eigenvalue weighted by atomic mass is 32.2. The van der Waals surface area contributed by atoms with E-state index in [0.717, 1.165) is 34.5 Å². The number of carboxylic acid groups (broad SMARTS) is 1. The van der Waals surface area contributed by atoms with Crippen molar-refractivity contribution < 1.29 is 23.1 Å². The zero-order valence-corrected chi connectivity index (χ0v) is 11.0. The van der Waals surface area contributed by atoms with Gasteiger partial charge in [-0.15, -0.1) is 5.10 Å². The number of aromatic amines is 1. The average Bonchev–Trinajstić information content (AvgIpc) is 2.76. The first-order valence-corrected chi connectivity index (χ1v) is 6.47. The standard InChI is InChI=1S/C11H8F3N3O3S/c12-11(13,14)6-2-1-3-7(4-6)17-9(20)15-16-10(17)21-5-8(18)19/h1-4H,5H2,(H,15,20)(H,18,19). The molecule has 0 aliphatic carbocycles. The van der Waals surface area contributed by atoms with Crippen LogP contribution in [0.4, 0.5) is 13.2 Å². The highest BCUT2D eigenvalue weighted by Gasteiger charge is 2.30. The number of nitrogens with zero attached hydrogens (tertiary/aromatic N) is 2. The number of aliphatic carboxylic acids is 1. The van der Waals surface area contributed by atoms with E-state index in [1.165, 1.54) is 6.07 Å². The van der Waals surface area contributed by atoms with Gasteiger partial charge in [0, 0.05) is 0 Å². The van der Waals surface area contributed by atoms with Gasteiger partial charge in [0.25, 0.3) is 0 Å². The van der Waals surface area contributed by atoms with Crippen LogP contribution in [0.25, 0.3) is 5.69 Å². The second kappa shape index (κ2) is 5.64. The summed E-state index contributed by atoms with van der Waals surface area (Å²) < 4.78 is 38.9. The second-order valence-corrected chi connectivity index (χ2v) is 4.82. The van der Waals surface area contributed by atoms with Crippen LogP contribution in [0.1, 0.15) is 5.56 Å². The molecule has 2 rings (SSSR count). The van der Waals surface area contributed by atoms with E-state index in [-0.39, 0.29) is 16.6 Å². The third-order valence-electron chi connectivity index (χ3n) is 2.40. The van der Waals surface area contributed by atoms with Gasteiger partial charge in [0.2, 0.25) is 0 Å². The Morgan fingerprint density at radius 1 is 1.43 bits per heavy atom. The van der Waals surface area contributed by atoms with Crippen molar-refractivity contribution in [1.29, 1.82) is 0 Å². The van der Waals surface area contributed by atoms with E-state index in [9.17, 15) is 22.8 Å². The molecule has 0 bridgehead atoms. The molecule has 21 heavy (non-hydrogen) atoms. The molecular weight excluding hydrogens is 311 g/mol. The average molecular weight is 319 g/mol. The minimum absolute atomic E-state index is 0.0262. The van der Waals surface area contributed by atoms with Crippen LogP contribution in [0.3, 0.4) is 0 Å². The molecule has 10 heteroatoms. The molecule has 0 fully saturated rings. The fourth-order valence-electron chi connectivity index (χ4n) is 1.55. The summed E-state index contributed by atoms with van der Waals surface area (Å²) in [5.41, 5.74) is -1.71. The van der Waals surface area contributed by atoms with Crippen LogP contribution in [-0.4, -0.2) is 31.6 Å². The molecule has 0 atom stereocenters. The smallest absolute Gasteiger partial charge is 0.416 e. The maximum atomic E-state index is 12.7. The molecule has 1 aromatic carbocycles. The lowest BCUT2D eigenvalue weighted by atomic mass is 10.2. The summed E-state index contributed by atoms with van der Waals surface area (Å²) in [5.74, 6) is -1.51. The summed E-state index contributed by atoms with van der Waals surface area (Å²) in [4.78, 5) is 22.2. The van der Waals surface area contributed by atoms with E-state index in [1.54, 1.807) is 0 Å². The van der Waals surface area contributed by atoms with E-state index in [1.807, 2.05) is 0 Å². The van der Waals surface area contributed by atoms with Gasteiger partial charge in [-0.3, -0.25) is 4.79 Å². The summed E-state index contributed by atoms with van der Waals surface area (Å²) in [5, 5.41) is 14.3. The zero-order valence-electron chi connectivity index (χ0n) is 10.2. The van der Waals surface area contributed by atoms with Crippen molar-refractivity contribution in [2.75, 3.05) is 5.75 Å². The molecule has 0 unspecified atom stereocenters. The van der Waals surface area contributed by atoms with Crippen LogP contribution in [0.5, 0.6) is 0 Å². The third-order valence-corrected chi connectivity index (χ3v) is 3.32. The first-order chi connectivity index (χ1) is 9.79. The van der Waals surface area contributed by atoms with Gasteiger partial charge in [0.05, 0.1) is 17.0 Å². The Morgan fingerprint density at radius 2 is 2.14 bits per heavy atom. The number of hydrogen-bond donors (Lipinski definition) is 2. The largest absolute Gasteiger partial charge is 0.481 e. The normalized spacial score (nSPS) is 11.6. The number of nitrogens with one attached hydrogen (secondary N) is 1. The number of halogens is 3. The fraction of sp³-hybridized carbons (Fsp3) is 0.182. The first-order valence-electron chi connectivity index (χ1n) is 5.48. The van der Waals surface area contributed by atoms with E-state index in [0.29, 0.717) is 0 Å². The van der Waals surface area contributed by atoms with Gasteiger partial charge in [-0.1, -0.05) is 17.8 Å². The van der Waals surface area contributed by atoms with Gasteiger partial charge < -0.3 is 5.11 Å². The monoisotopic (exact) mass is 319 g/mol. The Morgan fingerprint density at radius 3 is 2.76 bits per heavy atom. The van der Waals surface area contributed by atoms with E-state index in [4.69, 9.17) is 5.11 Å². The number of alkyl halides is 3. The van der Waals surface area contributed by atoms with Gasteiger partial charge in [0.1, 0.15) is 0 Å². The maximum absolute atomic E-state index is 12.7. The third kappa shape index (κ3) is 3.45. The van der Waals surface area contributed by atoms with Crippen LogP contribution in [0.15, 0.2) is 34.2 Å². The molecule has 2 aromatic rings. The van der Waals surface area contributed by atoms with Gasteiger partial charge in [-0.2, -0.15) is 13.2 Å². The predicted octanol–water partition coefficient (Wildman–Crippen LogP) is 1.76. The first kappa shape index (κ1) is 15.2. The van der Waals surface area contributed by atoms with Crippen LogP contribution in [-0.2, 0) is 11.0 Å². The maximum Gasteiger partial charge on any atom is 0.416 e. The zero-order chi connectivity index (χ0) is 15.6. The topological polar surface area (TPSA) is 88.0 Å². The quantitative estimate of drug-likeness (QED) is 0.838.